The number of imidazole rings is 1. The van der Waals surface area contributed by atoms with Crippen molar-refractivity contribution in [1.82, 2.24) is 19.1 Å². The van der Waals surface area contributed by atoms with Crippen LogP contribution in [-0.4, -0.2) is 36.6 Å². The zero-order chi connectivity index (χ0) is 18.0. The third kappa shape index (κ3) is 3.51. The highest BCUT2D eigenvalue weighted by atomic mass is 35.5. The summed E-state index contributed by atoms with van der Waals surface area (Å²) in [5.74, 6) is 0.647. The number of rotatable bonds is 6. The number of fused-ring (bicyclic) bond motifs is 1. The molecule has 2 N–H and O–H groups in total. The van der Waals surface area contributed by atoms with Crippen LogP contribution in [0.15, 0.2) is 39.0 Å². The minimum Gasteiger partial charge on any atom is -0.396 e. The van der Waals surface area contributed by atoms with Gasteiger partial charge in [0.15, 0.2) is 16.3 Å². The van der Waals surface area contributed by atoms with Gasteiger partial charge in [-0.15, -0.1) is 0 Å². The Balaban J connectivity index is 2.17. The third-order valence-electron chi connectivity index (χ3n) is 3.79. The molecule has 0 fully saturated rings. The molecule has 25 heavy (non-hydrogen) atoms. The lowest BCUT2D eigenvalue weighted by molar-refractivity contribution is 0.296. The number of nitrogens with one attached hydrogen (secondary N) is 1. The fourth-order valence-corrected chi connectivity index (χ4v) is 3.61. The van der Waals surface area contributed by atoms with E-state index in [4.69, 9.17) is 16.7 Å². The molecule has 0 spiro atoms. The fourth-order valence-electron chi connectivity index (χ4n) is 2.50. The molecular formula is C16H17ClN4O3S. The number of halogens is 1. The number of benzene rings is 1. The van der Waals surface area contributed by atoms with Crippen LogP contribution in [0, 0.1) is 0 Å². The van der Waals surface area contributed by atoms with E-state index in [2.05, 4.69) is 9.97 Å². The number of hydrogen-bond donors (Lipinski definition) is 2. The molecule has 7 nitrogen and oxygen atoms in total. The Kier molecular flexibility index (Phi) is 5.31. The Morgan fingerprint density at radius 1 is 1.32 bits per heavy atom. The van der Waals surface area contributed by atoms with E-state index < -0.39 is 11.2 Å². The van der Waals surface area contributed by atoms with E-state index in [9.17, 15) is 9.59 Å². The Morgan fingerprint density at radius 3 is 2.80 bits per heavy atom. The molecule has 0 bridgehead atoms. The quantitative estimate of drug-likeness (QED) is 0.500. The van der Waals surface area contributed by atoms with Crippen molar-refractivity contribution in [2.24, 2.45) is 7.05 Å². The van der Waals surface area contributed by atoms with Gasteiger partial charge in [-0.3, -0.25) is 14.3 Å². The summed E-state index contributed by atoms with van der Waals surface area (Å²) in [6.45, 7) is 0.440. The topological polar surface area (TPSA) is 92.9 Å². The first kappa shape index (κ1) is 17.8. The van der Waals surface area contributed by atoms with Crippen molar-refractivity contribution in [2.75, 3.05) is 12.4 Å². The average Bonchev–Trinajstić information content (AvgIpc) is 2.94. The number of hydrogen-bond acceptors (Lipinski definition) is 5. The van der Waals surface area contributed by atoms with Crippen LogP contribution >= 0.6 is 23.4 Å². The first-order valence-electron chi connectivity index (χ1n) is 7.69. The number of aromatic nitrogens is 4. The molecule has 2 heterocycles. The summed E-state index contributed by atoms with van der Waals surface area (Å²) in [5, 5.41) is 10.2. The molecule has 0 aliphatic heterocycles. The molecule has 9 heteroatoms. The monoisotopic (exact) mass is 380 g/mol. The Labute approximate surface area is 152 Å². The van der Waals surface area contributed by atoms with E-state index in [1.54, 1.807) is 17.7 Å². The summed E-state index contributed by atoms with van der Waals surface area (Å²) >= 11 is 7.68. The predicted octanol–water partition coefficient (Wildman–Crippen LogP) is 1.60. The van der Waals surface area contributed by atoms with Crippen molar-refractivity contribution in [2.45, 2.75) is 18.1 Å². The summed E-state index contributed by atoms with van der Waals surface area (Å²) in [5.41, 5.74) is 0.514. The van der Waals surface area contributed by atoms with Gasteiger partial charge in [0.05, 0.1) is 6.54 Å². The van der Waals surface area contributed by atoms with E-state index in [0.717, 1.165) is 5.56 Å². The molecule has 0 aliphatic carbocycles. The fraction of sp³-hybridized carbons (Fsp3) is 0.312. The van der Waals surface area contributed by atoms with Crippen LogP contribution in [0.1, 0.15) is 12.0 Å². The summed E-state index contributed by atoms with van der Waals surface area (Å²) in [6, 6.07) is 7.38. The van der Waals surface area contributed by atoms with Crippen LogP contribution in [0.25, 0.3) is 11.2 Å². The number of aliphatic hydroxyl groups is 1. The molecule has 0 saturated carbocycles. The lowest BCUT2D eigenvalue weighted by Crippen LogP contribution is -2.29. The summed E-state index contributed by atoms with van der Waals surface area (Å²) < 4.78 is 3.08. The molecular weight excluding hydrogens is 364 g/mol. The van der Waals surface area contributed by atoms with E-state index in [-0.39, 0.29) is 6.61 Å². The minimum atomic E-state index is -0.508. The van der Waals surface area contributed by atoms with Gasteiger partial charge >= 0.3 is 5.69 Å². The van der Waals surface area contributed by atoms with Gasteiger partial charge in [-0.05, 0) is 18.1 Å². The maximum absolute atomic E-state index is 12.4. The molecule has 0 atom stereocenters. The minimum absolute atomic E-state index is 0.0802. The molecule has 2 aromatic heterocycles. The summed E-state index contributed by atoms with van der Waals surface area (Å²) in [6.07, 6.45) is 0.606. The Hall–Kier alpha value is -2.03. The van der Waals surface area contributed by atoms with Gasteiger partial charge in [0, 0.05) is 24.4 Å². The number of aromatic amines is 1. The van der Waals surface area contributed by atoms with Crippen LogP contribution in [0.4, 0.5) is 0 Å². The van der Waals surface area contributed by atoms with Gasteiger partial charge in [-0.2, -0.15) is 0 Å². The van der Waals surface area contributed by atoms with E-state index >= 15 is 0 Å². The number of thioether (sulfide) groups is 1. The van der Waals surface area contributed by atoms with E-state index in [1.807, 2.05) is 18.2 Å². The second kappa shape index (κ2) is 7.47. The lowest BCUT2D eigenvalue weighted by Gasteiger charge is -2.09. The number of H-pyrrole nitrogens is 1. The largest absolute Gasteiger partial charge is 0.396 e. The Morgan fingerprint density at radius 2 is 2.08 bits per heavy atom. The highest BCUT2D eigenvalue weighted by Gasteiger charge is 2.18. The zero-order valence-corrected chi connectivity index (χ0v) is 15.1. The lowest BCUT2D eigenvalue weighted by atomic mass is 10.2. The number of nitrogens with zero attached hydrogens (tertiary/aromatic N) is 3. The number of aryl methyl sites for hydroxylation is 1. The normalized spacial score (nSPS) is 11.3. The van der Waals surface area contributed by atoms with Crippen LogP contribution in [-0.2, 0) is 13.6 Å². The van der Waals surface area contributed by atoms with Crippen molar-refractivity contribution in [3.63, 3.8) is 0 Å². The molecule has 0 aliphatic rings. The van der Waals surface area contributed by atoms with Crippen molar-refractivity contribution in [3.8, 4) is 0 Å². The van der Waals surface area contributed by atoms with Crippen LogP contribution < -0.4 is 11.2 Å². The molecule has 132 valence electrons. The highest BCUT2D eigenvalue weighted by Crippen LogP contribution is 2.25. The second-order valence-corrected chi connectivity index (χ2v) is 6.96. The standard InChI is InChI=1S/C16H17ClN4O3S/c1-20-13-12(14(23)19-15(20)24)21(16(18-13)25-8-4-7-22)9-10-5-2-3-6-11(10)17/h2-3,5-6,22H,4,7-9H2,1H3,(H,19,23,24). The van der Waals surface area contributed by atoms with Crippen molar-refractivity contribution >= 4 is 34.5 Å². The molecule has 0 amide bonds. The van der Waals surface area contributed by atoms with E-state index in [0.29, 0.717) is 40.1 Å². The van der Waals surface area contributed by atoms with E-state index in [1.165, 1.54) is 16.3 Å². The van der Waals surface area contributed by atoms with Gasteiger partial charge < -0.3 is 9.67 Å². The SMILES string of the molecule is Cn1c(=O)[nH]c(=O)c2c1nc(SCCCO)n2Cc1ccccc1Cl. The Bertz CT molecular complexity index is 1020. The molecule has 0 saturated heterocycles. The van der Waals surface area contributed by atoms with Crippen molar-refractivity contribution < 1.29 is 5.11 Å². The third-order valence-corrected chi connectivity index (χ3v) is 5.22. The van der Waals surface area contributed by atoms with Gasteiger partial charge in [0.2, 0.25) is 0 Å². The number of aliphatic hydroxyl groups excluding tert-OH is 1. The van der Waals surface area contributed by atoms with Gasteiger partial charge in [0.25, 0.3) is 5.56 Å². The van der Waals surface area contributed by atoms with Crippen LogP contribution in [0.5, 0.6) is 0 Å². The predicted molar refractivity (Wildman–Crippen MR) is 98.6 cm³/mol. The van der Waals surface area contributed by atoms with Gasteiger partial charge in [-0.25, -0.2) is 9.78 Å². The highest BCUT2D eigenvalue weighted by molar-refractivity contribution is 7.99. The molecule has 0 radical (unpaired) electrons. The van der Waals surface area contributed by atoms with Crippen molar-refractivity contribution in [1.29, 1.82) is 0 Å². The van der Waals surface area contributed by atoms with Crippen LogP contribution in [0.2, 0.25) is 5.02 Å². The maximum atomic E-state index is 12.4. The second-order valence-electron chi connectivity index (χ2n) is 5.49. The molecule has 3 aromatic rings. The molecule has 0 unspecified atom stereocenters. The first-order chi connectivity index (χ1) is 12.0. The molecule has 3 rings (SSSR count). The van der Waals surface area contributed by atoms with Gasteiger partial charge in [0.1, 0.15) is 0 Å². The molecule has 1 aromatic carbocycles. The first-order valence-corrected chi connectivity index (χ1v) is 9.06. The van der Waals surface area contributed by atoms with Crippen molar-refractivity contribution in [3.05, 3.63) is 55.7 Å². The van der Waals surface area contributed by atoms with Crippen LogP contribution in [0.3, 0.4) is 0 Å². The smallest absolute Gasteiger partial charge is 0.329 e. The summed E-state index contributed by atoms with van der Waals surface area (Å²) in [4.78, 5) is 31.0. The average molecular weight is 381 g/mol. The summed E-state index contributed by atoms with van der Waals surface area (Å²) in [7, 11) is 1.57. The maximum Gasteiger partial charge on any atom is 0.329 e. The zero-order valence-electron chi connectivity index (χ0n) is 13.5. The van der Waals surface area contributed by atoms with Gasteiger partial charge in [-0.1, -0.05) is 41.6 Å².